The molecule has 0 aliphatic carbocycles. The van der Waals surface area contributed by atoms with E-state index in [2.05, 4.69) is 15.7 Å². The van der Waals surface area contributed by atoms with Crippen LogP contribution in [-0.2, 0) is 5.41 Å². The van der Waals surface area contributed by atoms with Gasteiger partial charge in [-0.15, -0.1) is 0 Å². The van der Waals surface area contributed by atoms with Crippen molar-refractivity contribution >= 4 is 23.4 Å². The van der Waals surface area contributed by atoms with E-state index >= 15 is 0 Å². The van der Waals surface area contributed by atoms with E-state index in [4.69, 9.17) is 11.1 Å². The lowest BCUT2D eigenvalue weighted by Crippen LogP contribution is -2.22. The van der Waals surface area contributed by atoms with Crippen LogP contribution in [0.1, 0.15) is 32.0 Å². The summed E-state index contributed by atoms with van der Waals surface area (Å²) in [6.45, 7) is 5.81. The van der Waals surface area contributed by atoms with Gasteiger partial charge in [0.05, 0.1) is 17.1 Å². The van der Waals surface area contributed by atoms with Crippen LogP contribution in [0.3, 0.4) is 0 Å². The first-order valence-corrected chi connectivity index (χ1v) is 9.23. The van der Waals surface area contributed by atoms with Gasteiger partial charge in [-0.25, -0.2) is 22.6 Å². The van der Waals surface area contributed by atoms with Crippen molar-refractivity contribution in [3.05, 3.63) is 71.2 Å². The molecular formula is C21H21F3N6O. The van der Waals surface area contributed by atoms with Crippen molar-refractivity contribution in [2.24, 2.45) is 5.73 Å². The van der Waals surface area contributed by atoms with Crippen LogP contribution < -0.4 is 16.4 Å². The zero-order valence-corrected chi connectivity index (χ0v) is 17.1. The van der Waals surface area contributed by atoms with Gasteiger partial charge in [-0.2, -0.15) is 5.10 Å². The minimum atomic E-state index is -1.36. The molecule has 0 aliphatic rings. The minimum absolute atomic E-state index is 0.133. The Kier molecular flexibility index (Phi) is 5.74. The first-order valence-electron chi connectivity index (χ1n) is 9.23. The summed E-state index contributed by atoms with van der Waals surface area (Å²) < 4.78 is 41.8. The van der Waals surface area contributed by atoms with Crippen molar-refractivity contribution in [1.29, 1.82) is 5.41 Å². The molecule has 0 unspecified atom stereocenters. The maximum absolute atomic E-state index is 13.9. The van der Waals surface area contributed by atoms with Crippen LogP contribution in [0.15, 0.2) is 42.5 Å². The third-order valence-electron chi connectivity index (χ3n) is 4.38. The lowest BCUT2D eigenvalue weighted by atomic mass is 9.92. The third kappa shape index (κ3) is 4.85. The van der Waals surface area contributed by atoms with E-state index in [1.807, 2.05) is 20.8 Å². The molecule has 31 heavy (non-hydrogen) atoms. The molecule has 2 aromatic carbocycles. The molecule has 0 saturated heterocycles. The highest BCUT2D eigenvalue weighted by atomic mass is 19.2. The summed E-state index contributed by atoms with van der Waals surface area (Å²) in [5, 5.41) is 16.9. The van der Waals surface area contributed by atoms with Crippen LogP contribution in [0.5, 0.6) is 0 Å². The molecule has 0 bridgehead atoms. The Labute approximate surface area is 176 Å². The number of hydrogen-bond acceptors (Lipinski definition) is 3. The minimum Gasteiger partial charge on any atom is -0.384 e. The number of anilines is 2. The van der Waals surface area contributed by atoms with Gasteiger partial charge >= 0.3 is 6.03 Å². The molecule has 0 atom stereocenters. The first kappa shape index (κ1) is 21.9. The van der Waals surface area contributed by atoms with E-state index in [0.29, 0.717) is 29.1 Å². The van der Waals surface area contributed by atoms with Crippen molar-refractivity contribution in [1.82, 2.24) is 9.78 Å². The van der Waals surface area contributed by atoms with E-state index < -0.39 is 29.2 Å². The number of nitrogens with zero attached hydrogens (tertiary/aromatic N) is 2. The summed E-state index contributed by atoms with van der Waals surface area (Å²) in [6.07, 6.45) is 0. The van der Waals surface area contributed by atoms with E-state index in [-0.39, 0.29) is 17.1 Å². The number of halogens is 3. The summed E-state index contributed by atoms with van der Waals surface area (Å²) in [5.74, 6) is -3.66. The fourth-order valence-corrected chi connectivity index (χ4v) is 2.73. The van der Waals surface area contributed by atoms with Crippen LogP contribution in [0.2, 0.25) is 0 Å². The predicted octanol–water partition coefficient (Wildman–Crippen LogP) is 4.52. The second kappa shape index (κ2) is 8.13. The number of aromatic nitrogens is 2. The molecule has 2 amide bonds. The molecular weight excluding hydrogens is 409 g/mol. The van der Waals surface area contributed by atoms with Crippen LogP contribution in [0.25, 0.3) is 5.69 Å². The second-order valence-electron chi connectivity index (χ2n) is 7.87. The van der Waals surface area contributed by atoms with E-state index in [1.54, 1.807) is 30.3 Å². The predicted molar refractivity (Wildman–Crippen MR) is 112 cm³/mol. The summed E-state index contributed by atoms with van der Waals surface area (Å²) >= 11 is 0. The Morgan fingerprint density at radius 1 is 1.03 bits per heavy atom. The molecule has 3 rings (SSSR count). The number of carbonyl (C=O) groups is 1. The largest absolute Gasteiger partial charge is 0.384 e. The molecule has 0 saturated carbocycles. The molecule has 7 nitrogen and oxygen atoms in total. The molecule has 1 heterocycles. The smallest absolute Gasteiger partial charge is 0.324 e. The van der Waals surface area contributed by atoms with E-state index in [9.17, 15) is 18.0 Å². The van der Waals surface area contributed by atoms with E-state index in [0.717, 1.165) is 0 Å². The summed E-state index contributed by atoms with van der Waals surface area (Å²) in [4.78, 5) is 12.4. The van der Waals surface area contributed by atoms with Gasteiger partial charge in [-0.1, -0.05) is 32.9 Å². The zero-order chi connectivity index (χ0) is 22.9. The molecule has 0 aliphatic heterocycles. The van der Waals surface area contributed by atoms with Gasteiger partial charge in [0, 0.05) is 29.2 Å². The summed E-state index contributed by atoms with van der Waals surface area (Å²) in [7, 11) is 0. The van der Waals surface area contributed by atoms with Crippen molar-refractivity contribution < 1.29 is 18.0 Å². The van der Waals surface area contributed by atoms with Gasteiger partial charge < -0.3 is 11.1 Å². The first-order chi connectivity index (χ1) is 14.5. The SMILES string of the molecule is CC(C)(C)c1cc(NC(=O)Nc2cc(F)c(F)cc2F)n(-c2cccc(C(=N)N)c2)n1. The number of nitrogen functional groups attached to an aromatic ring is 1. The molecule has 0 radical (unpaired) electrons. The maximum atomic E-state index is 13.9. The van der Waals surface area contributed by atoms with Crippen molar-refractivity contribution in [3.8, 4) is 5.69 Å². The molecule has 1 aromatic heterocycles. The quantitative estimate of drug-likeness (QED) is 0.278. The van der Waals surface area contributed by atoms with Crippen LogP contribution in [-0.4, -0.2) is 21.6 Å². The number of urea groups is 1. The molecule has 5 N–H and O–H groups in total. The highest BCUT2D eigenvalue weighted by Crippen LogP contribution is 2.27. The number of nitrogens with two attached hydrogens (primary N) is 1. The van der Waals surface area contributed by atoms with Gasteiger partial charge in [0.15, 0.2) is 11.6 Å². The standard InChI is InChI=1S/C21H21F3N6O/c1-21(2,3)17-10-18(30(29-17)12-6-4-5-11(7-12)19(25)26)28-20(31)27-16-9-14(23)13(22)8-15(16)24/h4-10H,1-3H3,(H3,25,26)(H2,27,28,31). The van der Waals surface area contributed by atoms with Crippen LogP contribution in [0, 0.1) is 22.9 Å². The van der Waals surface area contributed by atoms with Gasteiger partial charge in [0.25, 0.3) is 0 Å². The van der Waals surface area contributed by atoms with Crippen LogP contribution >= 0.6 is 0 Å². The molecule has 162 valence electrons. The zero-order valence-electron chi connectivity index (χ0n) is 17.1. The number of rotatable bonds is 4. The van der Waals surface area contributed by atoms with Gasteiger partial charge in [0.1, 0.15) is 17.5 Å². The number of hydrogen-bond donors (Lipinski definition) is 4. The maximum Gasteiger partial charge on any atom is 0.324 e. The number of amides is 2. The Morgan fingerprint density at radius 3 is 2.35 bits per heavy atom. The lowest BCUT2D eigenvalue weighted by Gasteiger charge is -2.14. The Hall–Kier alpha value is -3.82. The number of nitrogens with one attached hydrogen (secondary N) is 3. The number of benzene rings is 2. The fraction of sp³-hybridized carbons (Fsp3) is 0.190. The third-order valence-corrected chi connectivity index (χ3v) is 4.38. The van der Waals surface area contributed by atoms with Gasteiger partial charge in [0.2, 0.25) is 0 Å². The monoisotopic (exact) mass is 430 g/mol. The molecule has 10 heteroatoms. The normalized spacial score (nSPS) is 11.3. The second-order valence-corrected chi connectivity index (χ2v) is 7.87. The summed E-state index contributed by atoms with van der Waals surface area (Å²) in [5.41, 5.74) is 6.32. The Bertz CT molecular complexity index is 1170. The van der Waals surface area contributed by atoms with Crippen molar-refractivity contribution in [2.45, 2.75) is 26.2 Å². The van der Waals surface area contributed by atoms with Crippen LogP contribution in [0.4, 0.5) is 29.5 Å². The average molecular weight is 430 g/mol. The topological polar surface area (TPSA) is 109 Å². The average Bonchev–Trinajstić information content (AvgIpc) is 3.10. The Morgan fingerprint density at radius 2 is 1.71 bits per heavy atom. The van der Waals surface area contributed by atoms with Crippen molar-refractivity contribution in [3.63, 3.8) is 0 Å². The molecule has 0 fully saturated rings. The highest BCUT2D eigenvalue weighted by molar-refractivity contribution is 5.99. The molecule has 0 spiro atoms. The van der Waals surface area contributed by atoms with Crippen molar-refractivity contribution in [2.75, 3.05) is 10.6 Å². The molecule has 3 aromatic rings. The number of carbonyl (C=O) groups excluding carboxylic acids is 1. The Balaban J connectivity index is 1.96. The summed E-state index contributed by atoms with van der Waals surface area (Å²) in [6, 6.07) is 8.34. The number of amidine groups is 1. The lowest BCUT2D eigenvalue weighted by molar-refractivity contribution is 0.262. The highest BCUT2D eigenvalue weighted by Gasteiger charge is 2.22. The van der Waals surface area contributed by atoms with Gasteiger partial charge in [-0.3, -0.25) is 10.7 Å². The van der Waals surface area contributed by atoms with E-state index in [1.165, 1.54) is 4.68 Å². The fourth-order valence-electron chi connectivity index (χ4n) is 2.73. The van der Waals surface area contributed by atoms with Gasteiger partial charge in [-0.05, 0) is 12.1 Å².